The van der Waals surface area contributed by atoms with Crippen LogP contribution in [0.4, 0.5) is 11.6 Å². The van der Waals surface area contributed by atoms with E-state index >= 15 is 0 Å². The maximum atomic E-state index is 12.2. The van der Waals surface area contributed by atoms with Gasteiger partial charge in [-0.3, -0.25) is 9.36 Å². The summed E-state index contributed by atoms with van der Waals surface area (Å²) in [5.74, 6) is 0.784. The van der Waals surface area contributed by atoms with E-state index in [-0.39, 0.29) is 11.7 Å². The summed E-state index contributed by atoms with van der Waals surface area (Å²) in [6.07, 6.45) is 0. The Morgan fingerprint density at radius 2 is 2.08 bits per heavy atom. The van der Waals surface area contributed by atoms with Gasteiger partial charge in [-0.25, -0.2) is 0 Å². The lowest BCUT2D eigenvalue weighted by Crippen LogP contribution is -2.37. The third kappa shape index (κ3) is 4.58. The molecule has 10 heteroatoms. The lowest BCUT2D eigenvalue weighted by atomic mass is 10.3. The van der Waals surface area contributed by atoms with Crippen molar-refractivity contribution in [1.29, 1.82) is 0 Å². The molecule has 2 aromatic rings. The molecule has 2 heterocycles. The molecule has 25 heavy (non-hydrogen) atoms. The maximum absolute atomic E-state index is 12.2. The van der Waals surface area contributed by atoms with Gasteiger partial charge in [-0.15, -0.1) is 10.2 Å². The highest BCUT2D eigenvalue weighted by atomic mass is 35.5. The SMILES string of the molecule is Cn1c(SCC(=O)Nc2cc(Cl)ccc2Cl)nnc1N1CCOCC1. The number of benzene rings is 1. The van der Waals surface area contributed by atoms with Crippen molar-refractivity contribution in [2.45, 2.75) is 5.16 Å². The van der Waals surface area contributed by atoms with Crippen molar-refractivity contribution in [2.24, 2.45) is 7.05 Å². The molecule has 1 amide bonds. The van der Waals surface area contributed by atoms with Crippen LogP contribution in [0, 0.1) is 0 Å². The summed E-state index contributed by atoms with van der Waals surface area (Å²) in [4.78, 5) is 14.3. The molecule has 134 valence electrons. The Morgan fingerprint density at radius 1 is 1.32 bits per heavy atom. The summed E-state index contributed by atoms with van der Waals surface area (Å²) < 4.78 is 7.23. The average molecular weight is 402 g/mol. The van der Waals surface area contributed by atoms with Crippen LogP contribution >= 0.6 is 35.0 Å². The fourth-order valence-electron chi connectivity index (χ4n) is 2.38. The number of hydrogen-bond acceptors (Lipinski definition) is 6. The maximum Gasteiger partial charge on any atom is 0.234 e. The lowest BCUT2D eigenvalue weighted by Gasteiger charge is -2.27. The van der Waals surface area contributed by atoms with E-state index in [1.165, 1.54) is 11.8 Å². The first kappa shape index (κ1) is 18.3. The standard InChI is InChI=1S/C15H17Cl2N5O2S/c1-21-14(22-4-6-24-7-5-22)19-20-15(21)25-9-13(23)18-12-8-10(16)2-3-11(12)17/h2-3,8H,4-7,9H2,1H3,(H,18,23). The van der Waals surface area contributed by atoms with E-state index in [0.717, 1.165) is 19.0 Å². The summed E-state index contributed by atoms with van der Waals surface area (Å²) in [6, 6.07) is 4.93. The van der Waals surface area contributed by atoms with Gasteiger partial charge in [0.2, 0.25) is 11.9 Å². The predicted molar refractivity (Wildman–Crippen MR) is 99.9 cm³/mol. The highest BCUT2D eigenvalue weighted by Crippen LogP contribution is 2.26. The zero-order valence-corrected chi connectivity index (χ0v) is 15.9. The molecule has 3 rings (SSSR count). The minimum Gasteiger partial charge on any atom is -0.378 e. The Bertz CT molecular complexity index is 764. The van der Waals surface area contributed by atoms with Crippen LogP contribution in [0.5, 0.6) is 0 Å². The number of anilines is 2. The molecule has 0 atom stereocenters. The van der Waals surface area contributed by atoms with Gasteiger partial charge in [0.15, 0.2) is 5.16 Å². The van der Waals surface area contributed by atoms with Crippen LogP contribution in [0.1, 0.15) is 0 Å². The number of morpholine rings is 1. The number of carbonyl (C=O) groups excluding carboxylic acids is 1. The van der Waals surface area contributed by atoms with Crippen LogP contribution in [-0.4, -0.2) is 52.7 Å². The number of aromatic nitrogens is 3. The Hall–Kier alpha value is -1.48. The van der Waals surface area contributed by atoms with E-state index in [1.54, 1.807) is 18.2 Å². The van der Waals surface area contributed by atoms with Crippen LogP contribution in [0.15, 0.2) is 23.4 Å². The molecule has 0 spiro atoms. The molecule has 1 N–H and O–H groups in total. The van der Waals surface area contributed by atoms with Crippen LogP contribution in [0.25, 0.3) is 0 Å². The molecule has 1 aromatic carbocycles. The molecule has 7 nitrogen and oxygen atoms in total. The van der Waals surface area contributed by atoms with Crippen molar-refractivity contribution < 1.29 is 9.53 Å². The van der Waals surface area contributed by atoms with Gasteiger partial charge in [0.05, 0.1) is 29.7 Å². The normalized spacial score (nSPS) is 14.6. The number of ether oxygens (including phenoxy) is 1. The molecule has 0 bridgehead atoms. The second-order valence-corrected chi connectivity index (χ2v) is 7.19. The van der Waals surface area contributed by atoms with Crippen molar-refractivity contribution >= 4 is 52.5 Å². The predicted octanol–water partition coefficient (Wildman–Crippen LogP) is 2.69. The van der Waals surface area contributed by atoms with Gasteiger partial charge >= 0.3 is 0 Å². The van der Waals surface area contributed by atoms with Crippen molar-refractivity contribution in [3.8, 4) is 0 Å². The molecule has 1 aromatic heterocycles. The van der Waals surface area contributed by atoms with E-state index in [4.69, 9.17) is 27.9 Å². The van der Waals surface area contributed by atoms with Gasteiger partial charge in [-0.05, 0) is 18.2 Å². The molecule has 0 unspecified atom stereocenters. The van der Waals surface area contributed by atoms with Gasteiger partial charge in [0.1, 0.15) is 0 Å². The fraction of sp³-hybridized carbons (Fsp3) is 0.400. The van der Waals surface area contributed by atoms with E-state index < -0.39 is 0 Å². The number of rotatable bonds is 5. The first-order valence-corrected chi connectivity index (χ1v) is 9.38. The number of thioether (sulfide) groups is 1. The Kier molecular flexibility index (Phi) is 6.06. The number of nitrogens with one attached hydrogen (secondary N) is 1. The molecule has 0 radical (unpaired) electrons. The highest BCUT2D eigenvalue weighted by Gasteiger charge is 2.19. The summed E-state index contributed by atoms with van der Waals surface area (Å²) in [5, 5.41) is 12.8. The topological polar surface area (TPSA) is 72.3 Å². The molecule has 0 aliphatic carbocycles. The second-order valence-electron chi connectivity index (χ2n) is 5.40. The minimum atomic E-state index is -0.190. The number of hydrogen-bond donors (Lipinski definition) is 1. The number of halogens is 2. The highest BCUT2D eigenvalue weighted by molar-refractivity contribution is 7.99. The molecule has 1 fully saturated rings. The van der Waals surface area contributed by atoms with E-state index in [2.05, 4.69) is 20.4 Å². The zero-order chi connectivity index (χ0) is 17.8. The zero-order valence-electron chi connectivity index (χ0n) is 13.5. The molecular weight excluding hydrogens is 385 g/mol. The molecular formula is C15H17Cl2N5O2S. The van der Waals surface area contributed by atoms with Gasteiger partial charge in [-0.2, -0.15) is 0 Å². The number of carbonyl (C=O) groups is 1. The van der Waals surface area contributed by atoms with Crippen molar-refractivity contribution in [1.82, 2.24) is 14.8 Å². The van der Waals surface area contributed by atoms with Crippen LogP contribution < -0.4 is 10.2 Å². The Morgan fingerprint density at radius 3 is 2.84 bits per heavy atom. The largest absolute Gasteiger partial charge is 0.378 e. The van der Waals surface area contributed by atoms with Crippen molar-refractivity contribution in [3.63, 3.8) is 0 Å². The molecule has 1 saturated heterocycles. The third-order valence-electron chi connectivity index (χ3n) is 3.64. The molecule has 1 aliphatic heterocycles. The fourth-order valence-corrected chi connectivity index (χ4v) is 3.42. The van der Waals surface area contributed by atoms with Crippen molar-refractivity contribution in [2.75, 3.05) is 42.3 Å². The van der Waals surface area contributed by atoms with Crippen LogP contribution in [-0.2, 0) is 16.6 Å². The average Bonchev–Trinajstić information content (AvgIpc) is 2.98. The third-order valence-corrected chi connectivity index (χ3v) is 5.23. The molecule has 0 saturated carbocycles. The van der Waals surface area contributed by atoms with Gasteiger partial charge in [-0.1, -0.05) is 35.0 Å². The number of amides is 1. The van der Waals surface area contributed by atoms with E-state index in [9.17, 15) is 4.79 Å². The van der Waals surface area contributed by atoms with Crippen LogP contribution in [0.3, 0.4) is 0 Å². The smallest absolute Gasteiger partial charge is 0.234 e. The summed E-state index contributed by atoms with van der Waals surface area (Å²) >= 11 is 13.3. The first-order chi connectivity index (χ1) is 12.0. The van der Waals surface area contributed by atoms with Gasteiger partial charge in [0, 0.05) is 25.2 Å². The van der Waals surface area contributed by atoms with E-state index in [0.29, 0.717) is 34.1 Å². The first-order valence-electron chi connectivity index (χ1n) is 7.64. The van der Waals surface area contributed by atoms with Crippen molar-refractivity contribution in [3.05, 3.63) is 28.2 Å². The monoisotopic (exact) mass is 401 g/mol. The summed E-state index contributed by atoms with van der Waals surface area (Å²) in [7, 11) is 1.89. The quantitative estimate of drug-likeness (QED) is 0.776. The van der Waals surface area contributed by atoms with Crippen LogP contribution in [0.2, 0.25) is 10.0 Å². The van der Waals surface area contributed by atoms with E-state index in [1.807, 2.05) is 11.6 Å². The molecule has 1 aliphatic rings. The Balaban J connectivity index is 1.59. The summed E-state index contributed by atoms with van der Waals surface area (Å²) in [5.41, 5.74) is 0.492. The van der Waals surface area contributed by atoms with Gasteiger partial charge < -0.3 is 15.0 Å². The lowest BCUT2D eigenvalue weighted by molar-refractivity contribution is -0.113. The van der Waals surface area contributed by atoms with Gasteiger partial charge in [0.25, 0.3) is 0 Å². The minimum absolute atomic E-state index is 0.190. The summed E-state index contributed by atoms with van der Waals surface area (Å²) in [6.45, 7) is 2.92. The Labute approximate surface area is 159 Å². The second kappa shape index (κ2) is 8.27. The number of nitrogens with zero attached hydrogens (tertiary/aromatic N) is 4.